The summed E-state index contributed by atoms with van der Waals surface area (Å²) >= 11 is 0. The molecule has 1 saturated heterocycles. The Hall–Kier alpha value is -3.54. The van der Waals surface area contributed by atoms with Gasteiger partial charge in [-0.2, -0.15) is 0 Å². The van der Waals surface area contributed by atoms with Crippen molar-refractivity contribution in [1.29, 1.82) is 0 Å². The molecule has 38 heavy (non-hydrogen) atoms. The third-order valence-electron chi connectivity index (χ3n) is 8.41. The summed E-state index contributed by atoms with van der Waals surface area (Å²) in [6.45, 7) is 4.77. The maximum atomic E-state index is 14.2. The van der Waals surface area contributed by atoms with E-state index in [0.717, 1.165) is 73.9 Å². The molecule has 2 heterocycles. The van der Waals surface area contributed by atoms with Gasteiger partial charge in [0.15, 0.2) is 0 Å². The molecule has 0 saturated carbocycles. The summed E-state index contributed by atoms with van der Waals surface area (Å²) in [5, 5.41) is 1.83. The summed E-state index contributed by atoms with van der Waals surface area (Å²) in [7, 11) is 1.66. The number of piperidine rings is 1. The Kier molecular flexibility index (Phi) is 7.87. The zero-order valence-corrected chi connectivity index (χ0v) is 22.6. The van der Waals surface area contributed by atoms with E-state index in [1.807, 2.05) is 58.3 Å². The predicted molar refractivity (Wildman–Crippen MR) is 150 cm³/mol. The van der Waals surface area contributed by atoms with Crippen molar-refractivity contribution in [2.75, 3.05) is 39.9 Å². The highest BCUT2D eigenvalue weighted by molar-refractivity contribution is 6.08. The number of fused-ring (bicyclic) bond motifs is 2. The molecule has 6 heteroatoms. The summed E-state index contributed by atoms with van der Waals surface area (Å²) in [4.78, 5) is 30.3. The molecule has 3 aromatic rings. The minimum atomic E-state index is -0.0113. The lowest BCUT2D eigenvalue weighted by Crippen LogP contribution is -2.49. The van der Waals surface area contributed by atoms with Gasteiger partial charge in [0.2, 0.25) is 5.91 Å². The molecule has 1 fully saturated rings. The lowest BCUT2D eigenvalue weighted by molar-refractivity contribution is -0.131. The fraction of sp³-hybridized carbons (Fsp3) is 0.438. The van der Waals surface area contributed by atoms with Gasteiger partial charge in [-0.1, -0.05) is 48.9 Å². The van der Waals surface area contributed by atoms with Gasteiger partial charge in [0.25, 0.3) is 5.91 Å². The van der Waals surface area contributed by atoms with Crippen molar-refractivity contribution in [3.8, 4) is 11.5 Å². The molecule has 5 rings (SSSR count). The van der Waals surface area contributed by atoms with Crippen LogP contribution in [0, 0.1) is 5.41 Å². The van der Waals surface area contributed by atoms with Crippen molar-refractivity contribution in [2.45, 2.75) is 45.4 Å². The van der Waals surface area contributed by atoms with Crippen LogP contribution in [0.15, 0.2) is 60.7 Å². The van der Waals surface area contributed by atoms with Gasteiger partial charge in [0.1, 0.15) is 18.1 Å². The van der Waals surface area contributed by atoms with Crippen molar-refractivity contribution in [1.82, 2.24) is 9.80 Å². The van der Waals surface area contributed by atoms with Crippen LogP contribution in [0.4, 0.5) is 0 Å². The third kappa shape index (κ3) is 5.50. The molecule has 6 nitrogen and oxygen atoms in total. The third-order valence-corrected chi connectivity index (χ3v) is 8.41. The van der Waals surface area contributed by atoms with Crippen LogP contribution in [0.5, 0.6) is 11.5 Å². The Labute approximate surface area is 225 Å². The molecule has 0 unspecified atom stereocenters. The van der Waals surface area contributed by atoms with E-state index in [0.29, 0.717) is 25.3 Å². The second-order valence-electron chi connectivity index (χ2n) is 10.8. The second kappa shape index (κ2) is 11.5. The van der Waals surface area contributed by atoms with E-state index in [1.165, 1.54) is 5.56 Å². The number of ether oxygens (including phenoxy) is 2. The standard InChI is InChI=1S/C32H38N2O4/c1-24(35)33-19-17-32(18-20-33)16-8-7-10-25-9-3-6-13-29(25)38-22-21-34(23-32)31(36)28-14-15-30(37-2)27-12-5-4-11-26(27)28/h3-6,9,11-15H,7-8,10,16-23H2,1-2H3. The first kappa shape index (κ1) is 26.1. The van der Waals surface area contributed by atoms with Crippen LogP contribution in [0.2, 0.25) is 0 Å². The number of hydrogen-bond acceptors (Lipinski definition) is 4. The van der Waals surface area contributed by atoms with Gasteiger partial charge in [-0.3, -0.25) is 9.59 Å². The van der Waals surface area contributed by atoms with Gasteiger partial charge in [-0.05, 0) is 66.7 Å². The molecule has 3 aromatic carbocycles. The smallest absolute Gasteiger partial charge is 0.254 e. The minimum Gasteiger partial charge on any atom is -0.496 e. The average Bonchev–Trinajstić information content (AvgIpc) is 2.94. The molecule has 2 aliphatic heterocycles. The highest BCUT2D eigenvalue weighted by Crippen LogP contribution is 2.39. The summed E-state index contributed by atoms with van der Waals surface area (Å²) < 4.78 is 11.8. The number of carbonyl (C=O) groups excluding carboxylic acids is 2. The molecule has 0 N–H and O–H groups in total. The van der Waals surface area contributed by atoms with E-state index in [1.54, 1.807) is 14.0 Å². The predicted octanol–water partition coefficient (Wildman–Crippen LogP) is 5.72. The van der Waals surface area contributed by atoms with Gasteiger partial charge in [0, 0.05) is 37.5 Å². The Morgan fingerprint density at radius 1 is 0.842 bits per heavy atom. The lowest BCUT2D eigenvalue weighted by atomic mass is 9.73. The second-order valence-corrected chi connectivity index (χ2v) is 10.8. The maximum absolute atomic E-state index is 14.2. The number of aryl methyl sites for hydroxylation is 1. The normalized spacial score (nSPS) is 18.2. The number of benzene rings is 3. The summed E-state index contributed by atoms with van der Waals surface area (Å²) in [5.74, 6) is 1.83. The topological polar surface area (TPSA) is 59.1 Å². The molecule has 0 radical (unpaired) electrons. The number of para-hydroxylation sites is 1. The minimum absolute atomic E-state index is 0.0113. The molecule has 200 valence electrons. The quantitative estimate of drug-likeness (QED) is 0.439. The van der Waals surface area contributed by atoms with E-state index in [2.05, 4.69) is 12.1 Å². The number of hydrogen-bond donors (Lipinski definition) is 0. The van der Waals surface area contributed by atoms with E-state index >= 15 is 0 Å². The number of amides is 2. The molecule has 0 aromatic heterocycles. The number of nitrogens with zero attached hydrogens (tertiary/aromatic N) is 2. The zero-order valence-electron chi connectivity index (χ0n) is 22.6. The largest absolute Gasteiger partial charge is 0.496 e. The molecule has 2 amide bonds. The lowest BCUT2D eigenvalue weighted by Gasteiger charge is -2.44. The van der Waals surface area contributed by atoms with E-state index in [4.69, 9.17) is 9.47 Å². The molecule has 0 aliphatic carbocycles. The molecular weight excluding hydrogens is 476 g/mol. The molecule has 1 spiro atoms. The van der Waals surface area contributed by atoms with Crippen molar-refractivity contribution >= 4 is 22.6 Å². The van der Waals surface area contributed by atoms with Gasteiger partial charge >= 0.3 is 0 Å². The molecule has 0 bridgehead atoms. The monoisotopic (exact) mass is 514 g/mol. The fourth-order valence-electron chi connectivity index (χ4n) is 6.18. The Bertz CT molecular complexity index is 1300. The first-order chi connectivity index (χ1) is 18.5. The van der Waals surface area contributed by atoms with Gasteiger partial charge in [-0.25, -0.2) is 0 Å². The van der Waals surface area contributed by atoms with Crippen molar-refractivity contribution in [2.24, 2.45) is 5.41 Å². The van der Waals surface area contributed by atoms with Crippen LogP contribution in [-0.4, -0.2) is 61.5 Å². The van der Waals surface area contributed by atoms with Crippen LogP contribution in [0.3, 0.4) is 0 Å². The maximum Gasteiger partial charge on any atom is 0.254 e. The first-order valence-corrected chi connectivity index (χ1v) is 13.8. The molecular formula is C32H38N2O4. The molecule has 2 aliphatic rings. The summed E-state index contributed by atoms with van der Waals surface area (Å²) in [6.07, 6.45) is 6.03. The van der Waals surface area contributed by atoms with Crippen LogP contribution < -0.4 is 9.47 Å². The van der Waals surface area contributed by atoms with Crippen molar-refractivity contribution in [3.05, 3.63) is 71.8 Å². The highest BCUT2D eigenvalue weighted by Gasteiger charge is 2.38. The van der Waals surface area contributed by atoms with Crippen LogP contribution in [0.1, 0.15) is 54.9 Å². The zero-order chi connectivity index (χ0) is 26.5. The van der Waals surface area contributed by atoms with Gasteiger partial charge < -0.3 is 19.3 Å². The number of methoxy groups -OCH3 is 1. The number of rotatable bonds is 2. The van der Waals surface area contributed by atoms with E-state index in [9.17, 15) is 9.59 Å². The summed E-state index contributed by atoms with van der Waals surface area (Å²) in [6, 6.07) is 20.0. The molecule has 0 atom stereocenters. The SMILES string of the molecule is COc1ccc(C(=O)N2CCOc3ccccc3CCCCC3(CCN(C(C)=O)CC3)C2)c2ccccc12. The van der Waals surface area contributed by atoms with Crippen molar-refractivity contribution in [3.63, 3.8) is 0 Å². The number of carbonyl (C=O) groups is 2. The van der Waals surface area contributed by atoms with Crippen LogP contribution in [0.25, 0.3) is 10.8 Å². The van der Waals surface area contributed by atoms with Gasteiger partial charge in [0.05, 0.1) is 13.7 Å². The Balaban J connectivity index is 1.48. The van der Waals surface area contributed by atoms with Crippen molar-refractivity contribution < 1.29 is 19.1 Å². The highest BCUT2D eigenvalue weighted by atomic mass is 16.5. The average molecular weight is 515 g/mol. The van der Waals surface area contributed by atoms with Crippen LogP contribution in [-0.2, 0) is 11.2 Å². The van der Waals surface area contributed by atoms with E-state index < -0.39 is 0 Å². The van der Waals surface area contributed by atoms with Gasteiger partial charge in [-0.15, -0.1) is 0 Å². The van der Waals surface area contributed by atoms with E-state index in [-0.39, 0.29) is 17.2 Å². The first-order valence-electron chi connectivity index (χ1n) is 13.8. The van der Waals surface area contributed by atoms with Crippen LogP contribution >= 0.6 is 0 Å². The Morgan fingerprint density at radius 2 is 1.58 bits per heavy atom. The Morgan fingerprint density at radius 3 is 2.34 bits per heavy atom. The fourth-order valence-corrected chi connectivity index (χ4v) is 6.18. The number of likely N-dealkylation sites (tertiary alicyclic amines) is 1. The summed E-state index contributed by atoms with van der Waals surface area (Å²) in [5.41, 5.74) is 1.90.